The molecular weight excluding hydrogens is 268 g/mol. The van der Waals surface area contributed by atoms with Crippen molar-refractivity contribution in [3.8, 4) is 0 Å². The Labute approximate surface area is 124 Å². The number of hydrogen-bond acceptors (Lipinski definition) is 4. The van der Waals surface area contributed by atoms with Crippen molar-refractivity contribution in [1.29, 1.82) is 0 Å². The first-order valence-electron chi connectivity index (χ1n) is 7.04. The summed E-state index contributed by atoms with van der Waals surface area (Å²) >= 11 is 0. The van der Waals surface area contributed by atoms with Gasteiger partial charge < -0.3 is 20.7 Å². The van der Waals surface area contributed by atoms with Gasteiger partial charge in [0.25, 0.3) is 0 Å². The van der Waals surface area contributed by atoms with Gasteiger partial charge in [0.05, 0.1) is 0 Å². The zero-order chi connectivity index (χ0) is 15.5. The number of carbonyl (C=O) groups is 1. The van der Waals surface area contributed by atoms with Gasteiger partial charge in [-0.2, -0.15) is 0 Å². The molecule has 0 spiro atoms. The van der Waals surface area contributed by atoms with E-state index in [1.54, 1.807) is 18.7 Å². The van der Waals surface area contributed by atoms with Crippen molar-refractivity contribution in [2.45, 2.75) is 13.8 Å². The van der Waals surface area contributed by atoms with Crippen LogP contribution in [0.2, 0.25) is 0 Å². The van der Waals surface area contributed by atoms with Crippen LogP contribution in [0.1, 0.15) is 13.8 Å². The smallest absolute Gasteiger partial charge is 0.236 e. The van der Waals surface area contributed by atoms with Crippen LogP contribution in [-0.2, 0) is 4.79 Å². The van der Waals surface area contributed by atoms with Crippen LogP contribution in [0.3, 0.4) is 0 Å². The monoisotopic (exact) mass is 290 g/mol. The highest BCUT2D eigenvalue weighted by atomic mass is 16.4. The lowest BCUT2D eigenvalue weighted by atomic mass is 9.90. The molecule has 1 aromatic rings. The van der Waals surface area contributed by atoms with Crippen molar-refractivity contribution >= 4 is 17.4 Å². The van der Waals surface area contributed by atoms with Gasteiger partial charge in [0, 0.05) is 31.9 Å². The fourth-order valence-electron chi connectivity index (χ4n) is 2.44. The molecule has 1 heterocycles. The highest BCUT2D eigenvalue weighted by molar-refractivity contribution is 6.05. The van der Waals surface area contributed by atoms with Gasteiger partial charge in [-0.25, -0.2) is 0 Å². The van der Waals surface area contributed by atoms with E-state index in [2.05, 4.69) is 22.2 Å². The first-order chi connectivity index (χ1) is 9.96. The number of hydrogen-bond donors (Lipinski definition) is 2. The number of benzene rings is 1. The summed E-state index contributed by atoms with van der Waals surface area (Å²) in [5, 5.41) is 11.8. The van der Waals surface area contributed by atoms with Crippen LogP contribution < -0.4 is 10.6 Å². The number of oxime groups is 1. The first kappa shape index (κ1) is 15.2. The predicted octanol–water partition coefficient (Wildman–Crippen LogP) is 1.11. The number of carbonyl (C=O) groups excluding carboxylic acids is 1. The minimum atomic E-state index is -0.982. The molecule has 6 nitrogen and oxygen atoms in total. The molecule has 0 aromatic heterocycles. The molecule has 1 aromatic carbocycles. The van der Waals surface area contributed by atoms with Crippen LogP contribution in [0.5, 0.6) is 0 Å². The van der Waals surface area contributed by atoms with Crippen molar-refractivity contribution in [3.63, 3.8) is 0 Å². The molecule has 1 saturated heterocycles. The summed E-state index contributed by atoms with van der Waals surface area (Å²) < 4.78 is 0. The molecule has 21 heavy (non-hydrogen) atoms. The number of nitrogens with two attached hydrogens (primary N) is 1. The fourth-order valence-corrected chi connectivity index (χ4v) is 2.44. The molecule has 0 atom stereocenters. The number of rotatable bonds is 3. The second kappa shape index (κ2) is 6.03. The lowest BCUT2D eigenvalue weighted by molar-refractivity contribution is -0.137. The van der Waals surface area contributed by atoms with E-state index in [4.69, 9.17) is 10.9 Å². The molecule has 1 fully saturated rings. The van der Waals surface area contributed by atoms with Gasteiger partial charge in [-0.1, -0.05) is 23.4 Å². The second-order valence-corrected chi connectivity index (χ2v) is 5.73. The Morgan fingerprint density at radius 3 is 2.29 bits per heavy atom. The van der Waals surface area contributed by atoms with E-state index < -0.39 is 5.41 Å². The molecule has 114 valence electrons. The number of para-hydroxylation sites is 1. The number of amidine groups is 1. The third kappa shape index (κ3) is 3.09. The lowest BCUT2D eigenvalue weighted by Crippen LogP contribution is -2.55. The maximum absolute atomic E-state index is 12.5. The normalized spacial score (nSPS) is 17.0. The molecular formula is C15H22N4O2. The van der Waals surface area contributed by atoms with Crippen LogP contribution in [0.15, 0.2) is 35.5 Å². The average Bonchev–Trinajstić information content (AvgIpc) is 2.54. The Bertz CT molecular complexity index is 520. The van der Waals surface area contributed by atoms with Crippen LogP contribution >= 0.6 is 0 Å². The molecule has 0 saturated carbocycles. The molecule has 3 N–H and O–H groups in total. The maximum Gasteiger partial charge on any atom is 0.236 e. The largest absolute Gasteiger partial charge is 0.409 e. The van der Waals surface area contributed by atoms with Gasteiger partial charge in [0.1, 0.15) is 5.41 Å². The maximum atomic E-state index is 12.5. The topological polar surface area (TPSA) is 82.2 Å². The van der Waals surface area contributed by atoms with E-state index in [9.17, 15) is 4.79 Å². The van der Waals surface area contributed by atoms with Crippen LogP contribution in [0.4, 0.5) is 5.69 Å². The fraction of sp³-hybridized carbons (Fsp3) is 0.467. The highest BCUT2D eigenvalue weighted by Crippen LogP contribution is 2.22. The van der Waals surface area contributed by atoms with E-state index in [1.807, 2.05) is 18.2 Å². The molecule has 0 aliphatic carbocycles. The van der Waals surface area contributed by atoms with Gasteiger partial charge in [-0.3, -0.25) is 4.79 Å². The Morgan fingerprint density at radius 2 is 1.76 bits per heavy atom. The van der Waals surface area contributed by atoms with Crippen molar-refractivity contribution in [1.82, 2.24) is 4.90 Å². The summed E-state index contributed by atoms with van der Waals surface area (Å²) in [6, 6.07) is 10.1. The van der Waals surface area contributed by atoms with Gasteiger partial charge >= 0.3 is 0 Å². The minimum Gasteiger partial charge on any atom is -0.409 e. The SMILES string of the molecule is CC(C)(C(=O)N1CCN(c2ccccc2)CC1)C(N)=NO. The Morgan fingerprint density at radius 1 is 1.19 bits per heavy atom. The van der Waals surface area contributed by atoms with E-state index in [0.717, 1.165) is 13.1 Å². The summed E-state index contributed by atoms with van der Waals surface area (Å²) in [6.07, 6.45) is 0. The molecule has 2 rings (SSSR count). The highest BCUT2D eigenvalue weighted by Gasteiger charge is 2.37. The third-order valence-corrected chi connectivity index (χ3v) is 3.97. The Hall–Kier alpha value is -2.24. The van der Waals surface area contributed by atoms with Gasteiger partial charge in [-0.05, 0) is 26.0 Å². The molecule has 1 aliphatic heterocycles. The van der Waals surface area contributed by atoms with Crippen molar-refractivity contribution in [3.05, 3.63) is 30.3 Å². The standard InChI is InChI=1S/C15H22N4O2/c1-15(2,13(16)17-21)14(20)19-10-8-18(9-11-19)12-6-4-3-5-7-12/h3-7,21H,8-11H2,1-2H3,(H2,16,17). The van der Waals surface area contributed by atoms with E-state index >= 15 is 0 Å². The van der Waals surface area contributed by atoms with Crippen LogP contribution in [0, 0.1) is 5.41 Å². The molecule has 0 unspecified atom stereocenters. The van der Waals surface area contributed by atoms with Gasteiger partial charge in [-0.15, -0.1) is 0 Å². The van der Waals surface area contributed by atoms with Gasteiger partial charge in [0.2, 0.25) is 5.91 Å². The van der Waals surface area contributed by atoms with Crippen molar-refractivity contribution in [2.75, 3.05) is 31.1 Å². The zero-order valence-corrected chi connectivity index (χ0v) is 12.5. The summed E-state index contributed by atoms with van der Waals surface area (Å²) in [4.78, 5) is 16.5. The molecule has 0 radical (unpaired) electrons. The Balaban J connectivity index is 2.00. The third-order valence-electron chi connectivity index (χ3n) is 3.97. The summed E-state index contributed by atoms with van der Waals surface area (Å²) in [6.45, 7) is 6.18. The zero-order valence-electron chi connectivity index (χ0n) is 12.5. The van der Waals surface area contributed by atoms with Crippen LogP contribution in [0.25, 0.3) is 0 Å². The molecule has 1 aliphatic rings. The predicted molar refractivity (Wildman–Crippen MR) is 82.4 cm³/mol. The number of nitrogens with zero attached hydrogens (tertiary/aromatic N) is 3. The summed E-state index contributed by atoms with van der Waals surface area (Å²) in [5.74, 6) is -0.163. The summed E-state index contributed by atoms with van der Waals surface area (Å²) in [7, 11) is 0. The minimum absolute atomic E-state index is 0.0574. The quantitative estimate of drug-likeness (QED) is 0.378. The van der Waals surface area contributed by atoms with Gasteiger partial charge in [0.15, 0.2) is 5.84 Å². The summed E-state index contributed by atoms with van der Waals surface area (Å²) in [5.41, 5.74) is 5.80. The van der Waals surface area contributed by atoms with E-state index in [-0.39, 0.29) is 11.7 Å². The van der Waals surface area contributed by atoms with Crippen LogP contribution in [-0.4, -0.2) is 48.0 Å². The number of anilines is 1. The van der Waals surface area contributed by atoms with E-state index in [0.29, 0.717) is 13.1 Å². The first-order valence-corrected chi connectivity index (χ1v) is 7.04. The molecule has 6 heteroatoms. The number of piperazine rings is 1. The number of amides is 1. The van der Waals surface area contributed by atoms with Crippen molar-refractivity contribution < 1.29 is 10.0 Å². The molecule has 0 bridgehead atoms. The average molecular weight is 290 g/mol. The molecule has 1 amide bonds. The van der Waals surface area contributed by atoms with E-state index in [1.165, 1.54) is 5.69 Å². The Kier molecular flexibility index (Phi) is 4.35. The second-order valence-electron chi connectivity index (χ2n) is 5.73. The van der Waals surface area contributed by atoms with Crippen molar-refractivity contribution in [2.24, 2.45) is 16.3 Å². The lowest BCUT2D eigenvalue weighted by Gasteiger charge is -2.39.